The van der Waals surface area contributed by atoms with Crippen molar-refractivity contribution in [1.82, 2.24) is 14.7 Å². The van der Waals surface area contributed by atoms with Crippen molar-refractivity contribution >= 4 is 5.91 Å². The van der Waals surface area contributed by atoms with Gasteiger partial charge in [0.15, 0.2) is 0 Å². The molecule has 0 aromatic carbocycles. The fraction of sp³-hybridized carbons (Fsp3) is 0.765. The molecule has 0 unspecified atom stereocenters. The monoisotopic (exact) mass is 319 g/mol. The molecule has 23 heavy (non-hydrogen) atoms. The topological polar surface area (TPSA) is 56.6 Å². The van der Waals surface area contributed by atoms with E-state index in [1.54, 1.807) is 4.68 Å². The van der Waals surface area contributed by atoms with E-state index >= 15 is 0 Å². The van der Waals surface area contributed by atoms with E-state index in [1.165, 1.54) is 12.8 Å². The Morgan fingerprint density at radius 3 is 2.91 bits per heavy atom. The molecule has 1 aromatic rings. The number of morpholine rings is 1. The first-order valence-corrected chi connectivity index (χ1v) is 8.76. The lowest BCUT2D eigenvalue weighted by atomic mass is 9.88. The van der Waals surface area contributed by atoms with Gasteiger partial charge in [0.05, 0.1) is 37.0 Å². The van der Waals surface area contributed by atoms with E-state index in [9.17, 15) is 4.79 Å². The lowest BCUT2D eigenvalue weighted by Gasteiger charge is -2.44. The summed E-state index contributed by atoms with van der Waals surface area (Å²) in [5, 5.41) is 4.22. The summed E-state index contributed by atoms with van der Waals surface area (Å²) in [4.78, 5) is 15.3. The van der Waals surface area contributed by atoms with E-state index in [-0.39, 0.29) is 30.1 Å². The Morgan fingerprint density at radius 2 is 2.09 bits per heavy atom. The lowest BCUT2D eigenvalue weighted by molar-refractivity contribution is -0.155. The number of ether oxygens (including phenoxy) is 2. The number of hydrogen-bond donors (Lipinski definition) is 0. The molecule has 6 heteroatoms. The second kappa shape index (κ2) is 6.24. The highest BCUT2D eigenvalue weighted by molar-refractivity contribution is 5.80. The Labute approximate surface area is 136 Å². The summed E-state index contributed by atoms with van der Waals surface area (Å²) < 4.78 is 13.6. The lowest BCUT2D eigenvalue weighted by Crippen LogP contribution is -2.56. The number of amides is 1. The highest BCUT2D eigenvalue weighted by Gasteiger charge is 2.43. The Kier molecular flexibility index (Phi) is 4.11. The maximum absolute atomic E-state index is 13.2. The van der Waals surface area contributed by atoms with E-state index in [2.05, 4.69) is 10.00 Å². The minimum atomic E-state index is -0.152. The molecular formula is C17H25N3O3. The summed E-state index contributed by atoms with van der Waals surface area (Å²) in [5.41, 5.74) is 1.01. The van der Waals surface area contributed by atoms with Gasteiger partial charge in [0, 0.05) is 32.0 Å². The molecule has 6 nitrogen and oxygen atoms in total. The van der Waals surface area contributed by atoms with Crippen molar-refractivity contribution in [2.75, 3.05) is 19.8 Å². The Morgan fingerprint density at radius 1 is 1.22 bits per heavy atom. The van der Waals surface area contributed by atoms with Gasteiger partial charge < -0.3 is 14.4 Å². The highest BCUT2D eigenvalue weighted by Crippen LogP contribution is 2.38. The molecule has 126 valence electrons. The zero-order chi connectivity index (χ0) is 15.8. The number of aryl methyl sites for hydroxylation is 1. The molecule has 1 aromatic heterocycles. The van der Waals surface area contributed by atoms with Crippen molar-refractivity contribution in [2.45, 2.75) is 50.4 Å². The second-order valence-electron chi connectivity index (χ2n) is 6.93. The van der Waals surface area contributed by atoms with Crippen molar-refractivity contribution < 1.29 is 14.3 Å². The molecule has 1 aliphatic carbocycles. The maximum atomic E-state index is 13.2. The molecule has 0 N–H and O–H groups in total. The molecule has 4 atom stereocenters. The molecule has 2 saturated heterocycles. The summed E-state index contributed by atoms with van der Waals surface area (Å²) in [7, 11) is 1.89. The molecule has 2 aliphatic heterocycles. The first-order chi connectivity index (χ1) is 11.2. The van der Waals surface area contributed by atoms with E-state index in [0.29, 0.717) is 13.2 Å². The van der Waals surface area contributed by atoms with Crippen LogP contribution in [0.3, 0.4) is 0 Å². The van der Waals surface area contributed by atoms with Crippen molar-refractivity contribution in [3.8, 4) is 0 Å². The predicted octanol–water partition coefficient (Wildman–Crippen LogP) is 1.67. The van der Waals surface area contributed by atoms with Crippen LogP contribution in [0.5, 0.6) is 0 Å². The molecule has 3 heterocycles. The number of nitrogens with zero attached hydrogens (tertiary/aromatic N) is 3. The van der Waals surface area contributed by atoms with Gasteiger partial charge in [-0.25, -0.2) is 0 Å². The normalized spacial score (nSPS) is 34.4. The van der Waals surface area contributed by atoms with Gasteiger partial charge in [0.25, 0.3) is 0 Å². The van der Waals surface area contributed by atoms with Crippen LogP contribution >= 0.6 is 0 Å². The predicted molar refractivity (Wildman–Crippen MR) is 83.7 cm³/mol. The summed E-state index contributed by atoms with van der Waals surface area (Å²) >= 11 is 0. The average Bonchev–Trinajstić information content (AvgIpc) is 3.22. The third-order valence-corrected chi connectivity index (χ3v) is 5.48. The van der Waals surface area contributed by atoms with Gasteiger partial charge in [-0.2, -0.15) is 5.10 Å². The van der Waals surface area contributed by atoms with E-state index in [0.717, 1.165) is 31.4 Å². The number of fused-ring (bicyclic) bond motifs is 1. The number of rotatable bonds is 2. The van der Waals surface area contributed by atoms with Crippen LogP contribution in [0.25, 0.3) is 0 Å². The van der Waals surface area contributed by atoms with Crippen molar-refractivity contribution in [2.24, 2.45) is 13.0 Å². The molecule has 4 rings (SSSR count). The van der Waals surface area contributed by atoms with Gasteiger partial charge in [-0.1, -0.05) is 12.8 Å². The first-order valence-electron chi connectivity index (χ1n) is 8.76. The van der Waals surface area contributed by atoms with Gasteiger partial charge in [0.2, 0.25) is 5.91 Å². The number of aromatic nitrogens is 2. The Bertz CT molecular complexity index is 571. The quantitative estimate of drug-likeness (QED) is 0.832. The minimum Gasteiger partial charge on any atom is -0.374 e. The molecular weight excluding hydrogens is 294 g/mol. The fourth-order valence-corrected chi connectivity index (χ4v) is 4.34. The molecule has 0 radical (unpaired) electrons. The van der Waals surface area contributed by atoms with Gasteiger partial charge >= 0.3 is 0 Å². The van der Waals surface area contributed by atoms with Gasteiger partial charge in [-0.3, -0.25) is 9.48 Å². The summed E-state index contributed by atoms with van der Waals surface area (Å²) in [6.07, 6.45) is 9.23. The van der Waals surface area contributed by atoms with Crippen LogP contribution in [0.15, 0.2) is 12.4 Å². The zero-order valence-corrected chi connectivity index (χ0v) is 13.7. The van der Waals surface area contributed by atoms with E-state index in [1.807, 2.05) is 19.4 Å². The van der Waals surface area contributed by atoms with Crippen molar-refractivity contribution in [3.05, 3.63) is 18.0 Å². The first kappa shape index (κ1) is 15.1. The number of carbonyl (C=O) groups is 1. The standard InChI is InChI=1S/C17H25N3O3/c1-19-11-12(10-18-19)16-13(6-8-23-16)17(21)20-7-9-22-15-5-3-2-4-14(15)20/h10-11,13-16H,2-9H2,1H3/t13-,14+,15-,16+/m0/s1. The summed E-state index contributed by atoms with van der Waals surface area (Å²) in [6.45, 7) is 2.03. The van der Waals surface area contributed by atoms with Gasteiger partial charge in [0.1, 0.15) is 0 Å². The van der Waals surface area contributed by atoms with E-state index in [4.69, 9.17) is 9.47 Å². The SMILES string of the molecule is Cn1cc([C@H]2OCC[C@@H]2C(=O)N2CCO[C@H]3CCCC[C@H]32)cn1. The zero-order valence-electron chi connectivity index (χ0n) is 13.7. The Hall–Kier alpha value is -1.40. The highest BCUT2D eigenvalue weighted by atomic mass is 16.5. The van der Waals surface area contributed by atoms with Crippen molar-refractivity contribution in [3.63, 3.8) is 0 Å². The molecule has 3 fully saturated rings. The number of hydrogen-bond acceptors (Lipinski definition) is 4. The number of carbonyl (C=O) groups excluding carboxylic acids is 1. The van der Waals surface area contributed by atoms with Crippen LogP contribution < -0.4 is 0 Å². The van der Waals surface area contributed by atoms with Crippen LogP contribution in [0.1, 0.15) is 43.8 Å². The fourth-order valence-electron chi connectivity index (χ4n) is 4.34. The third-order valence-electron chi connectivity index (χ3n) is 5.48. The Balaban J connectivity index is 1.53. The molecule has 1 saturated carbocycles. The smallest absolute Gasteiger partial charge is 0.229 e. The van der Waals surface area contributed by atoms with Crippen LogP contribution in [0.2, 0.25) is 0 Å². The largest absolute Gasteiger partial charge is 0.374 e. The molecule has 0 bridgehead atoms. The molecule has 1 amide bonds. The van der Waals surface area contributed by atoms with Gasteiger partial charge in [-0.05, 0) is 19.3 Å². The minimum absolute atomic E-state index is 0.0834. The van der Waals surface area contributed by atoms with Crippen LogP contribution in [-0.2, 0) is 21.3 Å². The summed E-state index contributed by atoms with van der Waals surface area (Å²) in [6, 6.07) is 0.264. The average molecular weight is 319 g/mol. The van der Waals surface area contributed by atoms with Crippen LogP contribution in [-0.4, -0.2) is 52.5 Å². The molecule has 0 spiro atoms. The second-order valence-corrected chi connectivity index (χ2v) is 6.93. The molecule has 3 aliphatic rings. The third kappa shape index (κ3) is 2.78. The maximum Gasteiger partial charge on any atom is 0.229 e. The van der Waals surface area contributed by atoms with Crippen molar-refractivity contribution in [1.29, 1.82) is 0 Å². The van der Waals surface area contributed by atoms with Gasteiger partial charge in [-0.15, -0.1) is 0 Å². The van der Waals surface area contributed by atoms with E-state index < -0.39 is 0 Å². The van der Waals surface area contributed by atoms with Crippen LogP contribution in [0, 0.1) is 5.92 Å². The van der Waals surface area contributed by atoms with Crippen LogP contribution in [0.4, 0.5) is 0 Å². The summed E-state index contributed by atoms with van der Waals surface area (Å²) in [5.74, 6) is 0.163.